The largest absolute Gasteiger partial charge is 0.466 e. The number of hydrogen-bond donors (Lipinski definition) is 0. The van der Waals surface area contributed by atoms with Gasteiger partial charge in [-0.2, -0.15) is 0 Å². The fraction of sp³-hybridized carbons (Fsp3) is 0.714. The van der Waals surface area contributed by atoms with Crippen LogP contribution < -0.4 is 0 Å². The molecule has 0 N–H and O–H groups in total. The van der Waals surface area contributed by atoms with Crippen LogP contribution in [0.1, 0.15) is 40.0 Å². The summed E-state index contributed by atoms with van der Waals surface area (Å²) >= 11 is 0. The summed E-state index contributed by atoms with van der Waals surface area (Å²) in [5.74, 6) is -0.333. The maximum Gasteiger partial charge on any atom is 0.410 e. The lowest BCUT2D eigenvalue weighted by Gasteiger charge is -2.26. The van der Waals surface area contributed by atoms with E-state index in [0.717, 1.165) is 18.4 Å². The lowest BCUT2D eigenvalue weighted by molar-refractivity contribution is -0.134. The summed E-state index contributed by atoms with van der Waals surface area (Å²) < 4.78 is 9.96. The molecule has 19 heavy (non-hydrogen) atoms. The van der Waals surface area contributed by atoms with Crippen LogP contribution in [0.25, 0.3) is 0 Å². The van der Waals surface area contributed by atoms with Crippen LogP contribution in [-0.4, -0.2) is 42.8 Å². The van der Waals surface area contributed by atoms with E-state index in [-0.39, 0.29) is 12.1 Å². The summed E-state index contributed by atoms with van der Waals surface area (Å²) in [6, 6.07) is 0. The van der Waals surface area contributed by atoms with Crippen molar-refractivity contribution in [3.05, 3.63) is 11.6 Å². The second kappa shape index (κ2) is 6.59. The highest BCUT2D eigenvalue weighted by molar-refractivity contribution is 5.82. The predicted molar refractivity (Wildman–Crippen MR) is 71.8 cm³/mol. The molecule has 0 aliphatic carbocycles. The molecule has 0 aromatic rings. The Morgan fingerprint density at radius 2 is 1.89 bits per heavy atom. The summed E-state index contributed by atoms with van der Waals surface area (Å²) in [5, 5.41) is 0. The van der Waals surface area contributed by atoms with Crippen LogP contribution in [0.3, 0.4) is 0 Å². The van der Waals surface area contributed by atoms with Crippen molar-refractivity contribution in [2.75, 3.05) is 20.2 Å². The molecule has 108 valence electrons. The average Bonchev–Trinajstić information content (AvgIpc) is 2.52. The number of rotatable bonds is 1. The zero-order valence-corrected chi connectivity index (χ0v) is 12.2. The smallest absolute Gasteiger partial charge is 0.410 e. The van der Waals surface area contributed by atoms with Gasteiger partial charge in [0.2, 0.25) is 0 Å². The predicted octanol–water partition coefficient (Wildman–Crippen LogP) is 2.51. The van der Waals surface area contributed by atoms with Gasteiger partial charge in [-0.3, -0.25) is 0 Å². The molecule has 0 bridgehead atoms. The molecule has 1 rings (SSSR count). The lowest BCUT2D eigenvalue weighted by atomic mass is 10.1. The molecule has 1 amide bonds. The van der Waals surface area contributed by atoms with E-state index in [1.807, 2.05) is 20.8 Å². The molecule has 0 radical (unpaired) electrons. The van der Waals surface area contributed by atoms with Gasteiger partial charge in [0, 0.05) is 19.2 Å². The van der Waals surface area contributed by atoms with E-state index in [0.29, 0.717) is 19.5 Å². The highest BCUT2D eigenvalue weighted by atomic mass is 16.6. The van der Waals surface area contributed by atoms with Gasteiger partial charge in [-0.05, 0) is 40.0 Å². The van der Waals surface area contributed by atoms with E-state index in [1.165, 1.54) is 13.2 Å². The van der Waals surface area contributed by atoms with Crippen LogP contribution in [0.2, 0.25) is 0 Å². The zero-order valence-electron chi connectivity index (χ0n) is 12.2. The summed E-state index contributed by atoms with van der Waals surface area (Å²) in [5.41, 5.74) is 0.548. The van der Waals surface area contributed by atoms with Crippen molar-refractivity contribution >= 4 is 12.1 Å². The molecular weight excluding hydrogens is 246 g/mol. The number of nitrogens with zero attached hydrogens (tertiary/aromatic N) is 1. The molecule has 0 saturated carbocycles. The van der Waals surface area contributed by atoms with Crippen LogP contribution in [0, 0.1) is 0 Å². The molecule has 0 aromatic heterocycles. The average molecular weight is 269 g/mol. The van der Waals surface area contributed by atoms with E-state index in [4.69, 9.17) is 4.74 Å². The van der Waals surface area contributed by atoms with Crippen molar-refractivity contribution in [1.29, 1.82) is 0 Å². The standard InChI is InChI=1S/C14H23NO4/c1-14(2,3)19-13(17)15-8-5-6-11(7-9-15)10-12(16)18-4/h10H,5-9H2,1-4H3/b11-10-. The summed E-state index contributed by atoms with van der Waals surface area (Å²) in [6.45, 7) is 6.80. The molecule has 1 fully saturated rings. The fourth-order valence-electron chi connectivity index (χ4n) is 1.89. The van der Waals surface area contributed by atoms with Gasteiger partial charge in [0.05, 0.1) is 7.11 Å². The van der Waals surface area contributed by atoms with Crippen molar-refractivity contribution in [3.63, 3.8) is 0 Å². The Labute approximate surface area is 114 Å². The number of likely N-dealkylation sites (tertiary alicyclic amines) is 1. The van der Waals surface area contributed by atoms with E-state index in [1.54, 1.807) is 4.90 Å². The van der Waals surface area contributed by atoms with Gasteiger partial charge in [0.25, 0.3) is 0 Å². The molecule has 1 aliphatic heterocycles. The van der Waals surface area contributed by atoms with E-state index in [9.17, 15) is 9.59 Å². The van der Waals surface area contributed by atoms with Gasteiger partial charge in [0.15, 0.2) is 0 Å². The Bertz CT molecular complexity index is 368. The quantitative estimate of drug-likeness (QED) is 0.542. The van der Waals surface area contributed by atoms with Gasteiger partial charge in [0.1, 0.15) is 5.60 Å². The molecule has 1 aliphatic rings. The van der Waals surface area contributed by atoms with E-state index >= 15 is 0 Å². The highest BCUT2D eigenvalue weighted by Crippen LogP contribution is 2.19. The minimum absolute atomic E-state index is 0.285. The topological polar surface area (TPSA) is 55.8 Å². The Morgan fingerprint density at radius 1 is 1.21 bits per heavy atom. The number of ether oxygens (including phenoxy) is 2. The molecule has 0 aromatic carbocycles. The van der Waals surface area contributed by atoms with Crippen LogP contribution in [-0.2, 0) is 14.3 Å². The van der Waals surface area contributed by atoms with E-state index in [2.05, 4.69) is 4.74 Å². The number of amides is 1. The first-order chi connectivity index (χ1) is 8.81. The first kappa shape index (κ1) is 15.5. The first-order valence-corrected chi connectivity index (χ1v) is 6.57. The normalized spacial score (nSPS) is 18.9. The van der Waals surface area contributed by atoms with Crippen LogP contribution in [0.5, 0.6) is 0 Å². The molecule has 5 nitrogen and oxygen atoms in total. The SMILES string of the molecule is COC(=O)/C=C1/CCCN(C(=O)OC(C)(C)C)CC1. The number of carbonyl (C=O) groups excluding carboxylic acids is 2. The van der Waals surface area contributed by atoms with E-state index < -0.39 is 5.60 Å². The maximum atomic E-state index is 11.9. The minimum atomic E-state index is -0.478. The number of esters is 1. The van der Waals surface area contributed by atoms with Gasteiger partial charge in [-0.15, -0.1) is 0 Å². The minimum Gasteiger partial charge on any atom is -0.466 e. The number of hydrogen-bond acceptors (Lipinski definition) is 4. The monoisotopic (exact) mass is 269 g/mol. The van der Waals surface area contributed by atoms with Crippen LogP contribution in [0.4, 0.5) is 4.79 Å². The van der Waals surface area contributed by atoms with Crippen molar-refractivity contribution in [2.45, 2.75) is 45.6 Å². The molecule has 0 atom stereocenters. The van der Waals surface area contributed by atoms with Crippen molar-refractivity contribution < 1.29 is 19.1 Å². The second-order valence-electron chi connectivity index (χ2n) is 5.65. The highest BCUT2D eigenvalue weighted by Gasteiger charge is 2.23. The Hall–Kier alpha value is -1.52. The van der Waals surface area contributed by atoms with Crippen molar-refractivity contribution in [2.24, 2.45) is 0 Å². The molecule has 1 saturated heterocycles. The summed E-state index contributed by atoms with van der Waals surface area (Å²) in [6.07, 6.45) is 3.58. The molecule has 5 heteroatoms. The zero-order chi connectivity index (χ0) is 14.5. The van der Waals surface area contributed by atoms with Crippen molar-refractivity contribution in [1.82, 2.24) is 4.90 Å². The van der Waals surface area contributed by atoms with Crippen molar-refractivity contribution in [3.8, 4) is 0 Å². The summed E-state index contributed by atoms with van der Waals surface area (Å²) in [4.78, 5) is 24.8. The summed E-state index contributed by atoms with van der Waals surface area (Å²) in [7, 11) is 1.36. The molecule has 0 spiro atoms. The number of carbonyl (C=O) groups is 2. The number of methoxy groups -OCH3 is 1. The second-order valence-corrected chi connectivity index (χ2v) is 5.65. The fourth-order valence-corrected chi connectivity index (χ4v) is 1.89. The lowest BCUT2D eigenvalue weighted by Crippen LogP contribution is -2.37. The van der Waals surface area contributed by atoms with Crippen LogP contribution >= 0.6 is 0 Å². The molecule has 1 heterocycles. The van der Waals surface area contributed by atoms with Gasteiger partial charge in [-0.25, -0.2) is 9.59 Å². The third-order valence-electron chi connectivity index (χ3n) is 2.80. The Balaban J connectivity index is 2.57. The van der Waals surface area contributed by atoms with Gasteiger partial charge < -0.3 is 14.4 Å². The van der Waals surface area contributed by atoms with Gasteiger partial charge >= 0.3 is 12.1 Å². The third-order valence-corrected chi connectivity index (χ3v) is 2.80. The first-order valence-electron chi connectivity index (χ1n) is 6.57. The van der Waals surface area contributed by atoms with Gasteiger partial charge in [-0.1, -0.05) is 5.57 Å². The Kier molecular flexibility index (Phi) is 5.39. The maximum absolute atomic E-state index is 11.9. The Morgan fingerprint density at radius 3 is 2.47 bits per heavy atom. The molecule has 0 unspecified atom stereocenters. The molecular formula is C14H23NO4. The van der Waals surface area contributed by atoms with Crippen LogP contribution in [0.15, 0.2) is 11.6 Å². The third kappa shape index (κ3) is 5.77.